The maximum atomic E-state index is 10.6. The zero-order valence-electron chi connectivity index (χ0n) is 8.51. The summed E-state index contributed by atoms with van der Waals surface area (Å²) in [6, 6.07) is 1.60. The van der Waals surface area contributed by atoms with Crippen LogP contribution in [0.2, 0.25) is 0 Å². The maximum Gasteiger partial charge on any atom is 0.310 e. The van der Waals surface area contributed by atoms with Crippen molar-refractivity contribution in [3.05, 3.63) is 40.7 Å². The van der Waals surface area contributed by atoms with Crippen molar-refractivity contribution < 1.29 is 4.92 Å². The first-order chi connectivity index (χ1) is 7.25. The average Bonchev–Trinajstić information content (AvgIpc) is 2.25. The number of nitrogens with one attached hydrogen (secondary N) is 1. The summed E-state index contributed by atoms with van der Waals surface area (Å²) >= 11 is 0. The molecule has 1 aromatic heterocycles. The maximum absolute atomic E-state index is 10.6. The summed E-state index contributed by atoms with van der Waals surface area (Å²) in [5.74, 6) is 0. The lowest BCUT2D eigenvalue weighted by Gasteiger charge is -2.04. The molecule has 0 atom stereocenters. The number of allylic oxidation sites excluding steroid dienone is 1. The van der Waals surface area contributed by atoms with Crippen LogP contribution in [0.25, 0.3) is 0 Å². The zero-order valence-corrected chi connectivity index (χ0v) is 8.51. The van der Waals surface area contributed by atoms with Crippen molar-refractivity contribution in [2.24, 2.45) is 0 Å². The van der Waals surface area contributed by atoms with Crippen LogP contribution in [0.1, 0.15) is 13.3 Å². The molecule has 0 aliphatic heterocycles. The van der Waals surface area contributed by atoms with E-state index in [0.717, 1.165) is 6.42 Å². The van der Waals surface area contributed by atoms with Crippen LogP contribution in [-0.2, 0) is 0 Å². The van der Waals surface area contributed by atoms with E-state index in [0.29, 0.717) is 12.2 Å². The molecule has 1 N–H and O–H groups in total. The largest absolute Gasteiger partial charge is 0.379 e. The minimum atomic E-state index is -0.439. The van der Waals surface area contributed by atoms with Gasteiger partial charge in [-0.1, -0.05) is 12.2 Å². The van der Waals surface area contributed by atoms with Gasteiger partial charge in [0.25, 0.3) is 0 Å². The lowest BCUT2D eigenvalue weighted by molar-refractivity contribution is -0.384. The Hall–Kier alpha value is -1.91. The van der Waals surface area contributed by atoms with Gasteiger partial charge in [0.2, 0.25) is 0 Å². The van der Waals surface area contributed by atoms with Gasteiger partial charge in [-0.2, -0.15) is 0 Å². The fourth-order valence-electron chi connectivity index (χ4n) is 1.14. The summed E-state index contributed by atoms with van der Waals surface area (Å²) in [6.45, 7) is 2.62. The number of nitrogens with zero attached hydrogens (tertiary/aromatic N) is 2. The highest BCUT2D eigenvalue weighted by atomic mass is 16.6. The molecule has 0 spiro atoms. The minimum absolute atomic E-state index is 0.0120. The Morgan fingerprint density at radius 1 is 1.67 bits per heavy atom. The van der Waals surface area contributed by atoms with E-state index in [4.69, 9.17) is 0 Å². The van der Waals surface area contributed by atoms with Crippen LogP contribution < -0.4 is 5.32 Å². The van der Waals surface area contributed by atoms with Gasteiger partial charge in [0.05, 0.1) is 4.92 Å². The standard InChI is InChI=1S/C10H13N3O2/c1-2-3-4-6-12-9-5-7-11-8-10(9)13(14)15/h2-3,5,7-8H,4,6H2,1H3,(H,11,12)/b3-2+. The number of rotatable bonds is 5. The van der Waals surface area contributed by atoms with E-state index in [9.17, 15) is 10.1 Å². The van der Waals surface area contributed by atoms with Crippen molar-refractivity contribution in [1.29, 1.82) is 0 Å². The first-order valence-electron chi connectivity index (χ1n) is 4.69. The quantitative estimate of drug-likeness (QED) is 0.348. The molecule has 0 saturated carbocycles. The Kier molecular flexibility index (Phi) is 4.28. The van der Waals surface area contributed by atoms with Crippen molar-refractivity contribution in [3.63, 3.8) is 0 Å². The highest BCUT2D eigenvalue weighted by molar-refractivity contribution is 5.59. The molecular formula is C10H13N3O2. The van der Waals surface area contributed by atoms with Gasteiger partial charge in [0.1, 0.15) is 11.9 Å². The zero-order chi connectivity index (χ0) is 11.1. The normalized spacial score (nSPS) is 10.5. The third-order valence-corrected chi connectivity index (χ3v) is 1.86. The monoisotopic (exact) mass is 207 g/mol. The van der Waals surface area contributed by atoms with E-state index in [-0.39, 0.29) is 5.69 Å². The summed E-state index contributed by atoms with van der Waals surface area (Å²) in [7, 11) is 0. The van der Waals surface area contributed by atoms with Crippen molar-refractivity contribution in [2.45, 2.75) is 13.3 Å². The second-order valence-corrected chi connectivity index (χ2v) is 2.93. The van der Waals surface area contributed by atoms with Gasteiger partial charge in [-0.3, -0.25) is 15.1 Å². The Labute approximate surface area is 88.0 Å². The Bertz CT molecular complexity index is 363. The second-order valence-electron chi connectivity index (χ2n) is 2.93. The minimum Gasteiger partial charge on any atom is -0.379 e. The lowest BCUT2D eigenvalue weighted by Crippen LogP contribution is -2.03. The van der Waals surface area contributed by atoms with E-state index in [1.165, 1.54) is 12.4 Å². The molecule has 0 aromatic carbocycles. The van der Waals surface area contributed by atoms with Gasteiger partial charge in [-0.15, -0.1) is 0 Å². The number of pyridine rings is 1. The van der Waals surface area contributed by atoms with Crippen molar-refractivity contribution in [3.8, 4) is 0 Å². The number of hydrogen-bond acceptors (Lipinski definition) is 4. The molecule has 0 fully saturated rings. The van der Waals surface area contributed by atoms with Crippen LogP contribution >= 0.6 is 0 Å². The number of aromatic nitrogens is 1. The molecule has 80 valence electrons. The van der Waals surface area contributed by atoms with Gasteiger partial charge < -0.3 is 5.32 Å². The molecule has 0 bridgehead atoms. The third kappa shape index (κ3) is 3.38. The molecule has 15 heavy (non-hydrogen) atoms. The lowest BCUT2D eigenvalue weighted by atomic mass is 10.3. The van der Waals surface area contributed by atoms with Gasteiger partial charge in [-0.05, 0) is 19.4 Å². The van der Waals surface area contributed by atoms with Gasteiger partial charge in [-0.25, -0.2) is 0 Å². The van der Waals surface area contributed by atoms with Gasteiger partial charge in [0.15, 0.2) is 0 Å². The van der Waals surface area contributed by atoms with Crippen molar-refractivity contribution in [2.75, 3.05) is 11.9 Å². The Balaban J connectivity index is 2.63. The fraction of sp³-hybridized carbons (Fsp3) is 0.300. The third-order valence-electron chi connectivity index (χ3n) is 1.86. The molecule has 0 radical (unpaired) electrons. The number of hydrogen-bond donors (Lipinski definition) is 1. The van der Waals surface area contributed by atoms with E-state index in [1.54, 1.807) is 6.07 Å². The SMILES string of the molecule is C/C=C/CCNc1ccncc1[N+](=O)[O-]. The topological polar surface area (TPSA) is 68.1 Å². The van der Waals surface area contributed by atoms with E-state index >= 15 is 0 Å². The molecule has 0 aliphatic carbocycles. The van der Waals surface area contributed by atoms with Gasteiger partial charge in [0, 0.05) is 12.7 Å². The first kappa shape index (κ1) is 11.2. The molecule has 1 aromatic rings. The summed E-state index contributed by atoms with van der Waals surface area (Å²) in [5, 5.41) is 13.6. The molecule has 0 saturated heterocycles. The predicted octanol–water partition coefficient (Wildman–Crippen LogP) is 2.37. The number of anilines is 1. The van der Waals surface area contributed by atoms with E-state index in [2.05, 4.69) is 10.3 Å². The highest BCUT2D eigenvalue weighted by Crippen LogP contribution is 2.21. The van der Waals surface area contributed by atoms with E-state index in [1.807, 2.05) is 19.1 Å². The summed E-state index contributed by atoms with van der Waals surface area (Å²) in [5.41, 5.74) is 0.525. The summed E-state index contributed by atoms with van der Waals surface area (Å²) in [4.78, 5) is 13.9. The summed E-state index contributed by atoms with van der Waals surface area (Å²) < 4.78 is 0. The molecule has 1 heterocycles. The molecular weight excluding hydrogens is 194 g/mol. The van der Waals surface area contributed by atoms with Crippen LogP contribution in [0.4, 0.5) is 11.4 Å². The highest BCUT2D eigenvalue weighted by Gasteiger charge is 2.11. The van der Waals surface area contributed by atoms with Crippen LogP contribution in [0.5, 0.6) is 0 Å². The number of nitro groups is 1. The molecule has 0 aliphatic rings. The van der Waals surface area contributed by atoms with Crippen LogP contribution in [0.3, 0.4) is 0 Å². The van der Waals surface area contributed by atoms with Gasteiger partial charge >= 0.3 is 5.69 Å². The first-order valence-corrected chi connectivity index (χ1v) is 4.69. The van der Waals surface area contributed by atoms with Crippen molar-refractivity contribution >= 4 is 11.4 Å². The predicted molar refractivity (Wildman–Crippen MR) is 58.8 cm³/mol. The molecule has 5 heteroatoms. The van der Waals surface area contributed by atoms with E-state index < -0.39 is 4.92 Å². The van der Waals surface area contributed by atoms with Crippen LogP contribution in [0.15, 0.2) is 30.6 Å². The molecule has 5 nitrogen and oxygen atoms in total. The molecule has 0 amide bonds. The van der Waals surface area contributed by atoms with Crippen LogP contribution in [0, 0.1) is 10.1 Å². The smallest absolute Gasteiger partial charge is 0.310 e. The average molecular weight is 207 g/mol. The second kappa shape index (κ2) is 5.74. The Morgan fingerprint density at radius 3 is 3.13 bits per heavy atom. The fourth-order valence-corrected chi connectivity index (χ4v) is 1.14. The Morgan fingerprint density at radius 2 is 2.47 bits per heavy atom. The molecule has 1 rings (SSSR count). The van der Waals surface area contributed by atoms with Crippen molar-refractivity contribution in [1.82, 2.24) is 4.98 Å². The molecule has 0 unspecified atom stereocenters. The summed E-state index contributed by atoms with van der Waals surface area (Å²) in [6.07, 6.45) is 7.57. The van der Waals surface area contributed by atoms with Crippen LogP contribution in [-0.4, -0.2) is 16.5 Å².